The highest BCUT2D eigenvalue weighted by Crippen LogP contribution is 2.30. The Kier molecular flexibility index (Phi) is 5.55. The van der Waals surface area contributed by atoms with Crippen molar-refractivity contribution in [1.82, 2.24) is 14.7 Å². The van der Waals surface area contributed by atoms with E-state index in [0.717, 1.165) is 24.2 Å². The van der Waals surface area contributed by atoms with Crippen LogP contribution < -0.4 is 5.32 Å². The van der Waals surface area contributed by atoms with Gasteiger partial charge in [-0.05, 0) is 45.7 Å². The van der Waals surface area contributed by atoms with Gasteiger partial charge in [0.1, 0.15) is 11.3 Å². The van der Waals surface area contributed by atoms with Gasteiger partial charge in [0.2, 0.25) is 0 Å². The number of aryl methyl sites for hydroxylation is 4. The largest absolute Gasteiger partial charge is 0.361 e. The molecule has 30 heavy (non-hydrogen) atoms. The highest BCUT2D eigenvalue weighted by molar-refractivity contribution is 7.14. The molecule has 1 amide bonds. The van der Waals surface area contributed by atoms with Crippen LogP contribution in [0.25, 0.3) is 11.3 Å². The Morgan fingerprint density at radius 3 is 2.63 bits per heavy atom. The second-order valence-electron chi connectivity index (χ2n) is 7.36. The van der Waals surface area contributed by atoms with Gasteiger partial charge in [-0.15, -0.1) is 11.3 Å². The van der Waals surface area contributed by atoms with E-state index in [1.807, 2.05) is 11.4 Å². The zero-order valence-corrected chi connectivity index (χ0v) is 18.3. The minimum absolute atomic E-state index is 0.250. The number of carbonyl (C=O) groups is 1. The molecule has 0 aliphatic carbocycles. The predicted molar refractivity (Wildman–Crippen MR) is 119 cm³/mol. The highest BCUT2D eigenvalue weighted by atomic mass is 32.1. The van der Waals surface area contributed by atoms with Crippen LogP contribution in [0.1, 0.15) is 38.8 Å². The summed E-state index contributed by atoms with van der Waals surface area (Å²) in [6, 6.07) is 12.7. The van der Waals surface area contributed by atoms with Crippen LogP contribution >= 0.6 is 11.3 Å². The van der Waals surface area contributed by atoms with Gasteiger partial charge in [-0.1, -0.05) is 35.5 Å². The summed E-state index contributed by atoms with van der Waals surface area (Å²) in [6.07, 6.45) is 0.979. The lowest BCUT2D eigenvalue weighted by atomic mass is 10.1. The maximum absolute atomic E-state index is 12.6. The number of amides is 1. The molecular formula is C23H24N4O2S. The Morgan fingerprint density at radius 2 is 1.93 bits per heavy atom. The van der Waals surface area contributed by atoms with Crippen LogP contribution in [-0.4, -0.2) is 20.6 Å². The van der Waals surface area contributed by atoms with Crippen molar-refractivity contribution in [3.63, 3.8) is 0 Å². The monoisotopic (exact) mass is 420 g/mol. The van der Waals surface area contributed by atoms with Crippen molar-refractivity contribution in [3.8, 4) is 11.3 Å². The van der Waals surface area contributed by atoms with Crippen LogP contribution in [0.4, 0.5) is 5.13 Å². The normalized spacial score (nSPS) is 11.1. The van der Waals surface area contributed by atoms with Crippen LogP contribution in [0.2, 0.25) is 0 Å². The lowest BCUT2D eigenvalue weighted by molar-refractivity contribution is 0.102. The molecule has 0 aliphatic rings. The first-order valence-corrected chi connectivity index (χ1v) is 10.7. The Labute approximate surface area is 179 Å². The lowest BCUT2D eigenvalue weighted by Crippen LogP contribution is -2.13. The Morgan fingerprint density at radius 1 is 1.17 bits per heavy atom. The predicted octanol–water partition coefficient (Wildman–Crippen LogP) is 5.33. The smallest absolute Gasteiger partial charge is 0.262 e. The molecule has 0 saturated carbocycles. The molecule has 3 heterocycles. The summed E-state index contributed by atoms with van der Waals surface area (Å²) in [5, 5.41) is 9.24. The van der Waals surface area contributed by atoms with E-state index in [1.54, 1.807) is 13.8 Å². The minimum Gasteiger partial charge on any atom is -0.361 e. The van der Waals surface area contributed by atoms with Gasteiger partial charge >= 0.3 is 0 Å². The fourth-order valence-electron chi connectivity index (χ4n) is 3.71. The summed E-state index contributed by atoms with van der Waals surface area (Å²) in [4.78, 5) is 17.2. The van der Waals surface area contributed by atoms with Gasteiger partial charge in [-0.2, -0.15) is 0 Å². The molecule has 1 aromatic carbocycles. The summed E-state index contributed by atoms with van der Waals surface area (Å²) in [6.45, 7) is 8.64. The molecule has 6 nitrogen and oxygen atoms in total. The second kappa shape index (κ2) is 8.28. The Hall–Kier alpha value is -3.19. The average molecular weight is 421 g/mol. The molecule has 0 unspecified atom stereocenters. The van der Waals surface area contributed by atoms with E-state index < -0.39 is 0 Å². The van der Waals surface area contributed by atoms with Gasteiger partial charge in [0, 0.05) is 28.9 Å². The lowest BCUT2D eigenvalue weighted by Gasteiger charge is -2.09. The van der Waals surface area contributed by atoms with Crippen LogP contribution in [0.5, 0.6) is 0 Å². The van der Waals surface area contributed by atoms with Crippen molar-refractivity contribution in [2.24, 2.45) is 0 Å². The van der Waals surface area contributed by atoms with Crippen LogP contribution in [0.15, 0.2) is 46.3 Å². The molecule has 3 aromatic heterocycles. The SMILES string of the molecule is Cc1noc(C)c1C(=O)Nc1nc(-c2cc(C)n(CCc3ccccc3)c2C)cs1. The van der Waals surface area contributed by atoms with Crippen molar-refractivity contribution >= 4 is 22.4 Å². The second-order valence-corrected chi connectivity index (χ2v) is 8.22. The van der Waals surface area contributed by atoms with Gasteiger partial charge in [0.05, 0.1) is 11.4 Å². The summed E-state index contributed by atoms with van der Waals surface area (Å²) in [7, 11) is 0. The molecule has 0 bridgehead atoms. The molecular weight excluding hydrogens is 396 g/mol. The fraction of sp³-hybridized carbons (Fsp3) is 0.261. The Bertz CT molecular complexity index is 1170. The van der Waals surface area contributed by atoms with Crippen LogP contribution in [0, 0.1) is 27.7 Å². The number of carbonyl (C=O) groups excluding carboxylic acids is 1. The molecule has 4 rings (SSSR count). The molecule has 0 fully saturated rings. The summed E-state index contributed by atoms with van der Waals surface area (Å²) in [5.41, 5.74) is 6.70. The molecule has 0 atom stereocenters. The van der Waals surface area contributed by atoms with Gasteiger partial charge in [0.15, 0.2) is 5.13 Å². The molecule has 0 aliphatic heterocycles. The average Bonchev–Trinajstić information content (AvgIpc) is 3.39. The third kappa shape index (κ3) is 3.93. The number of nitrogens with zero attached hydrogens (tertiary/aromatic N) is 3. The number of aromatic nitrogens is 3. The van der Waals surface area contributed by atoms with E-state index in [1.165, 1.54) is 28.3 Å². The molecule has 0 spiro atoms. The van der Waals surface area contributed by atoms with Crippen LogP contribution in [0.3, 0.4) is 0 Å². The van der Waals surface area contributed by atoms with Crippen molar-refractivity contribution in [2.75, 3.05) is 5.32 Å². The van der Waals surface area contributed by atoms with E-state index in [-0.39, 0.29) is 5.91 Å². The first kappa shape index (κ1) is 20.1. The van der Waals surface area contributed by atoms with Gasteiger partial charge in [-0.25, -0.2) is 4.98 Å². The molecule has 4 aromatic rings. The van der Waals surface area contributed by atoms with Crippen LogP contribution in [-0.2, 0) is 13.0 Å². The molecule has 0 radical (unpaired) electrons. The van der Waals surface area contributed by atoms with E-state index in [2.05, 4.69) is 64.2 Å². The minimum atomic E-state index is -0.250. The number of nitrogens with one attached hydrogen (secondary N) is 1. The van der Waals surface area contributed by atoms with Gasteiger partial charge in [0.25, 0.3) is 5.91 Å². The van der Waals surface area contributed by atoms with E-state index in [9.17, 15) is 4.79 Å². The molecule has 154 valence electrons. The first-order valence-electron chi connectivity index (χ1n) is 9.85. The summed E-state index contributed by atoms with van der Waals surface area (Å²) < 4.78 is 7.41. The van der Waals surface area contributed by atoms with Gasteiger partial charge < -0.3 is 9.09 Å². The Balaban J connectivity index is 1.51. The third-order valence-corrected chi connectivity index (χ3v) is 6.06. The number of thiazole rings is 1. The standard InChI is InChI=1S/C23H24N4O2S/c1-14-12-19(16(3)27(14)11-10-18-8-6-5-7-9-18)20-13-30-23(24-20)25-22(28)21-15(2)26-29-17(21)4/h5-9,12-13H,10-11H2,1-4H3,(H,24,25,28). The first-order chi connectivity index (χ1) is 14.4. The zero-order chi connectivity index (χ0) is 21.3. The maximum Gasteiger partial charge on any atom is 0.262 e. The molecule has 1 N–H and O–H groups in total. The van der Waals surface area contributed by atoms with E-state index in [4.69, 9.17) is 4.52 Å². The number of hydrogen-bond donors (Lipinski definition) is 1. The third-order valence-electron chi connectivity index (χ3n) is 5.30. The summed E-state index contributed by atoms with van der Waals surface area (Å²) >= 11 is 1.41. The molecule has 0 saturated heterocycles. The van der Waals surface area contributed by atoms with Gasteiger partial charge in [-0.3, -0.25) is 10.1 Å². The zero-order valence-electron chi connectivity index (χ0n) is 17.5. The quantitative estimate of drug-likeness (QED) is 0.458. The number of rotatable bonds is 6. The molecule has 7 heteroatoms. The highest BCUT2D eigenvalue weighted by Gasteiger charge is 2.19. The topological polar surface area (TPSA) is 73.0 Å². The summed E-state index contributed by atoms with van der Waals surface area (Å²) in [5.74, 6) is 0.254. The number of hydrogen-bond acceptors (Lipinski definition) is 5. The van der Waals surface area contributed by atoms with Crippen molar-refractivity contribution in [2.45, 2.75) is 40.7 Å². The van der Waals surface area contributed by atoms with Crippen molar-refractivity contribution in [1.29, 1.82) is 0 Å². The number of anilines is 1. The number of benzene rings is 1. The van der Waals surface area contributed by atoms with E-state index in [0.29, 0.717) is 22.1 Å². The van der Waals surface area contributed by atoms with Crippen molar-refractivity contribution < 1.29 is 9.32 Å². The van der Waals surface area contributed by atoms with E-state index >= 15 is 0 Å². The van der Waals surface area contributed by atoms with Crippen molar-refractivity contribution in [3.05, 3.63) is 75.7 Å². The maximum atomic E-state index is 12.6. The fourth-order valence-corrected chi connectivity index (χ4v) is 4.42.